The zero-order valence-corrected chi connectivity index (χ0v) is 10.2. The van der Waals surface area contributed by atoms with Crippen LogP contribution in [-0.4, -0.2) is 9.55 Å². The molecule has 1 aromatic rings. The average Bonchev–Trinajstić information content (AvgIpc) is 2.86. The molecule has 3 rings (SSSR count). The van der Waals surface area contributed by atoms with Crippen molar-refractivity contribution in [2.45, 2.75) is 51.0 Å². The molecule has 1 heterocycles. The Kier molecular flexibility index (Phi) is 2.88. The summed E-state index contributed by atoms with van der Waals surface area (Å²) in [5, 5.41) is 9.12. The number of imidazole rings is 1. The third-order valence-corrected chi connectivity index (χ3v) is 4.67. The van der Waals surface area contributed by atoms with Crippen LogP contribution in [0.4, 0.5) is 0 Å². The van der Waals surface area contributed by atoms with Crippen LogP contribution in [0.2, 0.25) is 0 Å². The van der Waals surface area contributed by atoms with E-state index >= 15 is 0 Å². The van der Waals surface area contributed by atoms with E-state index in [1.54, 1.807) is 6.20 Å². The van der Waals surface area contributed by atoms with Gasteiger partial charge in [0.2, 0.25) is 0 Å². The molecule has 17 heavy (non-hydrogen) atoms. The van der Waals surface area contributed by atoms with Gasteiger partial charge in [0.25, 0.3) is 0 Å². The van der Waals surface area contributed by atoms with Crippen LogP contribution in [0.25, 0.3) is 0 Å². The van der Waals surface area contributed by atoms with E-state index in [0.717, 1.165) is 17.5 Å². The van der Waals surface area contributed by atoms with E-state index in [-0.39, 0.29) is 0 Å². The van der Waals surface area contributed by atoms with Crippen LogP contribution in [0, 0.1) is 23.2 Å². The number of aromatic nitrogens is 2. The Labute approximate surface area is 102 Å². The normalized spacial score (nSPS) is 32.8. The molecule has 0 amide bonds. The molecule has 0 radical (unpaired) electrons. The molecule has 2 saturated carbocycles. The summed E-state index contributed by atoms with van der Waals surface area (Å²) < 4.78 is 2.14. The summed E-state index contributed by atoms with van der Waals surface area (Å²) in [6.45, 7) is 0. The van der Waals surface area contributed by atoms with Crippen LogP contribution >= 0.6 is 0 Å². The first-order chi connectivity index (χ1) is 8.40. The largest absolute Gasteiger partial charge is 0.319 e. The highest BCUT2D eigenvalue weighted by atomic mass is 15.1. The number of hydrogen-bond acceptors (Lipinski definition) is 2. The molecule has 1 aromatic heterocycles. The summed E-state index contributed by atoms with van der Waals surface area (Å²) >= 11 is 0. The minimum absolute atomic E-state index is 0.534. The third-order valence-electron chi connectivity index (χ3n) is 4.67. The van der Waals surface area contributed by atoms with Gasteiger partial charge in [-0.25, -0.2) is 4.98 Å². The number of fused-ring (bicyclic) bond motifs is 1. The van der Waals surface area contributed by atoms with Crippen LogP contribution in [0.1, 0.15) is 56.7 Å². The number of rotatable bonds is 1. The van der Waals surface area contributed by atoms with E-state index in [1.165, 1.54) is 44.9 Å². The molecule has 0 saturated heterocycles. The van der Waals surface area contributed by atoms with Crippen molar-refractivity contribution in [3.8, 4) is 6.07 Å². The molecule has 2 fully saturated rings. The van der Waals surface area contributed by atoms with Gasteiger partial charge in [-0.3, -0.25) is 0 Å². The molecule has 90 valence electrons. The molecule has 2 aliphatic carbocycles. The topological polar surface area (TPSA) is 41.6 Å². The molecule has 3 atom stereocenters. The minimum Gasteiger partial charge on any atom is -0.319 e. The third kappa shape index (κ3) is 1.86. The van der Waals surface area contributed by atoms with E-state index in [1.807, 2.05) is 6.33 Å². The molecular formula is C14H19N3. The van der Waals surface area contributed by atoms with Gasteiger partial charge in [-0.1, -0.05) is 32.1 Å². The van der Waals surface area contributed by atoms with E-state index in [4.69, 9.17) is 5.26 Å². The number of nitriles is 1. The molecule has 0 unspecified atom stereocenters. The molecule has 2 aliphatic rings. The highest BCUT2D eigenvalue weighted by Gasteiger charge is 2.36. The van der Waals surface area contributed by atoms with Gasteiger partial charge >= 0.3 is 0 Å². The van der Waals surface area contributed by atoms with Gasteiger partial charge in [0.1, 0.15) is 11.8 Å². The Balaban J connectivity index is 1.89. The summed E-state index contributed by atoms with van der Waals surface area (Å²) in [7, 11) is 0. The maximum atomic E-state index is 9.12. The van der Waals surface area contributed by atoms with E-state index in [9.17, 15) is 0 Å². The standard InChI is InChI=1S/C14H19N3/c15-8-12-9-16-10-17(12)14-7-3-5-11-4-1-2-6-13(11)14/h9-11,13-14H,1-7H2/t11-,13+,14-/m1/s1. The van der Waals surface area contributed by atoms with Gasteiger partial charge in [-0.15, -0.1) is 0 Å². The molecule has 3 heteroatoms. The van der Waals surface area contributed by atoms with E-state index < -0.39 is 0 Å². The summed E-state index contributed by atoms with van der Waals surface area (Å²) in [4.78, 5) is 4.15. The van der Waals surface area contributed by atoms with Crippen molar-refractivity contribution in [3.05, 3.63) is 18.2 Å². The molecular weight excluding hydrogens is 210 g/mol. The average molecular weight is 229 g/mol. The first-order valence-electron chi connectivity index (χ1n) is 6.82. The lowest BCUT2D eigenvalue weighted by molar-refractivity contribution is 0.108. The Morgan fingerprint density at radius 1 is 1.18 bits per heavy atom. The fraction of sp³-hybridized carbons (Fsp3) is 0.714. The van der Waals surface area contributed by atoms with Gasteiger partial charge in [0, 0.05) is 6.04 Å². The van der Waals surface area contributed by atoms with Gasteiger partial charge in [-0.05, 0) is 24.7 Å². The zero-order valence-electron chi connectivity index (χ0n) is 10.2. The zero-order chi connectivity index (χ0) is 11.7. The van der Waals surface area contributed by atoms with Crippen molar-refractivity contribution >= 4 is 0 Å². The Morgan fingerprint density at radius 3 is 2.88 bits per heavy atom. The van der Waals surface area contributed by atoms with Crippen molar-refractivity contribution < 1.29 is 0 Å². The smallest absolute Gasteiger partial charge is 0.140 e. The van der Waals surface area contributed by atoms with Crippen LogP contribution in [0.15, 0.2) is 12.5 Å². The lowest BCUT2D eigenvalue weighted by Crippen LogP contribution is -2.33. The predicted molar refractivity (Wildman–Crippen MR) is 65.3 cm³/mol. The molecule has 0 aromatic carbocycles. The Hall–Kier alpha value is -1.30. The number of nitrogens with zero attached hydrogens (tertiary/aromatic N) is 3. The van der Waals surface area contributed by atoms with Crippen molar-refractivity contribution in [1.82, 2.24) is 9.55 Å². The lowest BCUT2D eigenvalue weighted by atomic mass is 9.68. The summed E-state index contributed by atoms with van der Waals surface area (Å²) in [6, 6.07) is 2.80. The van der Waals surface area contributed by atoms with Gasteiger partial charge < -0.3 is 4.57 Å². The highest BCUT2D eigenvalue weighted by Crippen LogP contribution is 2.46. The van der Waals surface area contributed by atoms with Crippen LogP contribution in [0.3, 0.4) is 0 Å². The first-order valence-corrected chi connectivity index (χ1v) is 6.82. The SMILES string of the molecule is N#Cc1cncn1[C@@H]1CCC[C@H]2CCCC[C@@H]21. The van der Waals surface area contributed by atoms with Crippen LogP contribution in [0.5, 0.6) is 0 Å². The monoisotopic (exact) mass is 229 g/mol. The molecule has 0 aliphatic heterocycles. The summed E-state index contributed by atoms with van der Waals surface area (Å²) in [6.07, 6.45) is 13.0. The van der Waals surface area contributed by atoms with Crippen molar-refractivity contribution in [3.63, 3.8) is 0 Å². The highest BCUT2D eigenvalue weighted by molar-refractivity contribution is 5.18. The van der Waals surface area contributed by atoms with E-state index in [0.29, 0.717) is 6.04 Å². The summed E-state index contributed by atoms with van der Waals surface area (Å²) in [5.41, 5.74) is 0.737. The van der Waals surface area contributed by atoms with Crippen LogP contribution < -0.4 is 0 Å². The van der Waals surface area contributed by atoms with Crippen molar-refractivity contribution in [1.29, 1.82) is 5.26 Å². The fourth-order valence-electron chi connectivity index (χ4n) is 3.91. The lowest BCUT2D eigenvalue weighted by Gasteiger charge is -2.42. The second kappa shape index (κ2) is 4.52. The maximum Gasteiger partial charge on any atom is 0.140 e. The second-order valence-electron chi connectivity index (χ2n) is 5.50. The predicted octanol–water partition coefficient (Wildman–Crippen LogP) is 3.29. The van der Waals surface area contributed by atoms with Gasteiger partial charge in [-0.2, -0.15) is 5.26 Å². The second-order valence-corrected chi connectivity index (χ2v) is 5.50. The molecule has 0 N–H and O–H groups in total. The quantitative estimate of drug-likeness (QED) is 0.741. The summed E-state index contributed by atoms with van der Waals surface area (Å²) in [5.74, 6) is 1.69. The van der Waals surface area contributed by atoms with Gasteiger partial charge in [0.15, 0.2) is 0 Å². The first kappa shape index (κ1) is 10.8. The Bertz CT molecular complexity index is 427. The van der Waals surface area contributed by atoms with Gasteiger partial charge in [0.05, 0.1) is 12.5 Å². The molecule has 0 spiro atoms. The van der Waals surface area contributed by atoms with Crippen molar-refractivity contribution in [2.24, 2.45) is 11.8 Å². The number of hydrogen-bond donors (Lipinski definition) is 0. The molecule has 3 nitrogen and oxygen atoms in total. The Morgan fingerprint density at radius 2 is 2.00 bits per heavy atom. The van der Waals surface area contributed by atoms with Crippen LogP contribution in [-0.2, 0) is 0 Å². The maximum absolute atomic E-state index is 9.12. The fourth-order valence-corrected chi connectivity index (χ4v) is 3.91. The van der Waals surface area contributed by atoms with E-state index in [2.05, 4.69) is 15.6 Å². The van der Waals surface area contributed by atoms with Crippen molar-refractivity contribution in [2.75, 3.05) is 0 Å². The minimum atomic E-state index is 0.534. The molecule has 0 bridgehead atoms.